The first-order valence-electron chi connectivity index (χ1n) is 9.46. The van der Waals surface area contributed by atoms with Gasteiger partial charge in [0.1, 0.15) is 13.2 Å². The number of nitro benzene ring substituents is 1. The monoisotopic (exact) mass is 474 g/mol. The summed E-state index contributed by atoms with van der Waals surface area (Å²) in [5, 5.41) is 13.2. The molecule has 1 aromatic heterocycles. The maximum Gasteiger partial charge on any atom is 0.271 e. The number of nitrogens with zero attached hydrogens (tertiary/aromatic N) is 2. The smallest absolute Gasteiger partial charge is 0.271 e. The number of amides is 1. The van der Waals surface area contributed by atoms with E-state index >= 15 is 0 Å². The van der Waals surface area contributed by atoms with Crippen LogP contribution in [-0.4, -0.2) is 38.7 Å². The van der Waals surface area contributed by atoms with E-state index in [9.17, 15) is 23.3 Å². The van der Waals surface area contributed by atoms with Crippen LogP contribution in [0.3, 0.4) is 0 Å². The topological polar surface area (TPSA) is 116 Å². The zero-order valence-corrected chi connectivity index (χ0v) is 18.5. The predicted octanol–water partition coefficient (Wildman–Crippen LogP) is 3.68. The van der Waals surface area contributed by atoms with Crippen LogP contribution in [0.2, 0.25) is 0 Å². The van der Waals surface area contributed by atoms with Crippen molar-refractivity contribution in [3.8, 4) is 11.5 Å². The number of thiophene rings is 1. The molecule has 1 amide bonds. The summed E-state index contributed by atoms with van der Waals surface area (Å²) in [6, 6.07) is 11.9. The number of fused-ring (bicyclic) bond motifs is 1. The molecule has 0 atom stereocenters. The molecular weight excluding hydrogens is 456 g/mol. The van der Waals surface area contributed by atoms with Gasteiger partial charge in [-0.1, -0.05) is 6.07 Å². The highest BCUT2D eigenvalue weighted by atomic mass is 32.2. The van der Waals surface area contributed by atoms with Crippen LogP contribution in [0.1, 0.15) is 15.2 Å². The Morgan fingerprint density at radius 1 is 1.12 bits per heavy atom. The van der Waals surface area contributed by atoms with E-state index in [0.29, 0.717) is 30.4 Å². The summed E-state index contributed by atoms with van der Waals surface area (Å²) >= 11 is 1.45. The number of anilines is 1. The van der Waals surface area contributed by atoms with Crippen LogP contribution in [0.25, 0.3) is 0 Å². The van der Waals surface area contributed by atoms with E-state index in [1.54, 1.807) is 18.2 Å². The van der Waals surface area contributed by atoms with E-state index in [1.807, 2.05) is 17.5 Å². The van der Waals surface area contributed by atoms with Gasteiger partial charge in [0.25, 0.3) is 11.6 Å². The Hall–Kier alpha value is -3.44. The van der Waals surface area contributed by atoms with Crippen molar-refractivity contribution in [2.24, 2.45) is 0 Å². The molecule has 0 fully saturated rings. The molecule has 0 bridgehead atoms. The molecule has 2 aromatic carbocycles. The Balaban J connectivity index is 1.80. The van der Waals surface area contributed by atoms with Gasteiger partial charge in [0.15, 0.2) is 21.3 Å². The lowest BCUT2D eigenvalue weighted by Crippen LogP contribution is -2.30. The molecule has 0 N–H and O–H groups in total. The number of hydrogen-bond donors (Lipinski definition) is 0. The first-order valence-corrected chi connectivity index (χ1v) is 12.2. The number of carbonyl (C=O) groups excluding carboxylic acids is 1. The van der Waals surface area contributed by atoms with Gasteiger partial charge in [0, 0.05) is 40.6 Å². The summed E-state index contributed by atoms with van der Waals surface area (Å²) in [6.07, 6.45) is 0.935. The molecule has 0 saturated carbocycles. The lowest BCUT2D eigenvalue weighted by atomic mass is 10.1. The van der Waals surface area contributed by atoms with Crippen molar-refractivity contribution in [3.63, 3.8) is 0 Å². The van der Waals surface area contributed by atoms with Crippen molar-refractivity contribution < 1.29 is 27.6 Å². The van der Waals surface area contributed by atoms with Crippen molar-refractivity contribution >= 4 is 38.5 Å². The highest BCUT2D eigenvalue weighted by Crippen LogP contribution is 2.35. The number of carbonyl (C=O) groups is 1. The van der Waals surface area contributed by atoms with Crippen LogP contribution in [0.15, 0.2) is 58.8 Å². The third-order valence-corrected chi connectivity index (χ3v) is 6.71. The number of ether oxygens (including phenoxy) is 2. The van der Waals surface area contributed by atoms with Crippen LogP contribution in [0.4, 0.5) is 11.4 Å². The average Bonchev–Trinajstić information content (AvgIpc) is 3.29. The number of rotatable bonds is 6. The first-order chi connectivity index (χ1) is 15.2. The van der Waals surface area contributed by atoms with Crippen molar-refractivity contribution in [1.29, 1.82) is 0 Å². The normalized spacial score (nSPS) is 12.9. The molecular formula is C21H18N2O7S2. The third kappa shape index (κ3) is 4.58. The summed E-state index contributed by atoms with van der Waals surface area (Å²) < 4.78 is 35.3. The van der Waals surface area contributed by atoms with Gasteiger partial charge < -0.3 is 14.4 Å². The molecule has 4 rings (SSSR count). The van der Waals surface area contributed by atoms with E-state index in [-0.39, 0.29) is 17.0 Å². The fourth-order valence-electron chi connectivity index (χ4n) is 3.22. The number of hydrogen-bond acceptors (Lipinski definition) is 8. The van der Waals surface area contributed by atoms with Gasteiger partial charge >= 0.3 is 0 Å². The van der Waals surface area contributed by atoms with Crippen LogP contribution in [0.5, 0.6) is 11.5 Å². The minimum atomic E-state index is -3.78. The lowest BCUT2D eigenvalue weighted by molar-refractivity contribution is -0.385. The molecule has 2 heterocycles. The van der Waals surface area contributed by atoms with Gasteiger partial charge in [0.2, 0.25) is 0 Å². The van der Waals surface area contributed by atoms with Gasteiger partial charge in [-0.2, -0.15) is 0 Å². The molecule has 0 unspecified atom stereocenters. The van der Waals surface area contributed by atoms with Crippen molar-refractivity contribution in [3.05, 3.63) is 74.5 Å². The Morgan fingerprint density at radius 2 is 1.88 bits per heavy atom. The first kappa shape index (κ1) is 21.8. The summed E-state index contributed by atoms with van der Waals surface area (Å²) in [6.45, 7) is 0.983. The number of nitro groups is 1. The molecule has 1 aliphatic heterocycles. The summed E-state index contributed by atoms with van der Waals surface area (Å²) in [4.78, 5) is 26.2. The summed E-state index contributed by atoms with van der Waals surface area (Å²) in [7, 11) is -3.78. The highest BCUT2D eigenvalue weighted by molar-refractivity contribution is 7.90. The second-order valence-electron chi connectivity index (χ2n) is 7.04. The number of benzene rings is 2. The fraction of sp³-hybridized carbons (Fsp3) is 0.190. The Kier molecular flexibility index (Phi) is 5.85. The standard InChI is InChI=1S/C21H18N2O7S2/c1-32(27,28)18-10-14(9-16(11-18)23(25)26)21(24)22(13-17-3-2-8-31-17)15-4-5-19-20(12-15)30-7-6-29-19/h2-5,8-12H,6-7,13H2,1H3. The van der Waals surface area contributed by atoms with E-state index in [1.165, 1.54) is 16.2 Å². The average molecular weight is 475 g/mol. The van der Waals surface area contributed by atoms with Gasteiger partial charge in [-0.05, 0) is 29.6 Å². The predicted molar refractivity (Wildman–Crippen MR) is 118 cm³/mol. The minimum absolute atomic E-state index is 0.105. The van der Waals surface area contributed by atoms with Crippen molar-refractivity contribution in [2.75, 3.05) is 24.4 Å². The van der Waals surface area contributed by atoms with Gasteiger partial charge in [-0.25, -0.2) is 8.42 Å². The Bertz CT molecular complexity index is 1290. The number of sulfone groups is 1. The van der Waals surface area contributed by atoms with Crippen LogP contribution < -0.4 is 14.4 Å². The second kappa shape index (κ2) is 8.60. The van der Waals surface area contributed by atoms with Gasteiger partial charge in [-0.15, -0.1) is 11.3 Å². The molecule has 3 aromatic rings. The molecule has 1 aliphatic rings. The Morgan fingerprint density at radius 3 is 2.53 bits per heavy atom. The quantitative estimate of drug-likeness (QED) is 0.395. The summed E-state index contributed by atoms with van der Waals surface area (Å²) in [5.74, 6) is 0.454. The zero-order chi connectivity index (χ0) is 22.9. The SMILES string of the molecule is CS(=O)(=O)c1cc(C(=O)N(Cc2cccs2)c2ccc3c(c2)OCCO3)cc([N+](=O)[O-])c1. The Labute approximate surface area is 187 Å². The maximum atomic E-state index is 13.5. The minimum Gasteiger partial charge on any atom is -0.486 e. The van der Waals surface area contributed by atoms with E-state index < -0.39 is 26.4 Å². The fourth-order valence-corrected chi connectivity index (χ4v) is 4.59. The molecule has 0 spiro atoms. The van der Waals surface area contributed by atoms with Gasteiger partial charge in [0.05, 0.1) is 16.4 Å². The van der Waals surface area contributed by atoms with Crippen molar-refractivity contribution in [1.82, 2.24) is 0 Å². The molecule has 166 valence electrons. The maximum absolute atomic E-state index is 13.5. The van der Waals surface area contributed by atoms with Gasteiger partial charge in [-0.3, -0.25) is 14.9 Å². The molecule has 0 radical (unpaired) electrons. The molecule has 11 heteroatoms. The summed E-state index contributed by atoms with van der Waals surface area (Å²) in [5.41, 5.74) is -0.0966. The van der Waals surface area contributed by atoms with E-state index in [2.05, 4.69) is 0 Å². The third-order valence-electron chi connectivity index (χ3n) is 4.75. The van der Waals surface area contributed by atoms with E-state index in [4.69, 9.17) is 9.47 Å². The van der Waals surface area contributed by atoms with Crippen LogP contribution in [-0.2, 0) is 16.4 Å². The second-order valence-corrected chi connectivity index (χ2v) is 10.1. The molecule has 32 heavy (non-hydrogen) atoms. The molecule has 0 aliphatic carbocycles. The largest absolute Gasteiger partial charge is 0.486 e. The molecule has 0 saturated heterocycles. The van der Waals surface area contributed by atoms with E-state index in [0.717, 1.165) is 29.3 Å². The zero-order valence-electron chi connectivity index (χ0n) is 16.9. The lowest BCUT2D eigenvalue weighted by Gasteiger charge is -2.25. The molecule has 9 nitrogen and oxygen atoms in total. The van der Waals surface area contributed by atoms with Crippen molar-refractivity contribution in [2.45, 2.75) is 11.4 Å². The highest BCUT2D eigenvalue weighted by Gasteiger charge is 2.25. The number of non-ortho nitro benzene ring substituents is 1. The van der Waals surface area contributed by atoms with Crippen LogP contribution >= 0.6 is 11.3 Å². The van der Waals surface area contributed by atoms with Crippen LogP contribution in [0, 0.1) is 10.1 Å².